The van der Waals surface area contributed by atoms with Crippen molar-refractivity contribution in [2.75, 3.05) is 19.7 Å². The number of halogens is 1. The molecule has 1 aliphatic heterocycles. The van der Waals surface area contributed by atoms with E-state index in [1.165, 1.54) is 12.8 Å². The third kappa shape index (κ3) is 3.61. The van der Waals surface area contributed by atoms with Crippen LogP contribution >= 0.6 is 12.4 Å². The lowest BCUT2D eigenvalue weighted by Crippen LogP contribution is -2.48. The van der Waals surface area contributed by atoms with Crippen LogP contribution in [0.5, 0.6) is 0 Å². The van der Waals surface area contributed by atoms with Crippen molar-refractivity contribution in [1.29, 1.82) is 0 Å². The van der Waals surface area contributed by atoms with E-state index in [4.69, 9.17) is 4.74 Å². The maximum absolute atomic E-state index is 11.7. The summed E-state index contributed by atoms with van der Waals surface area (Å²) >= 11 is 0. The van der Waals surface area contributed by atoms with Gasteiger partial charge in [-0.25, -0.2) is 0 Å². The SMILES string of the molecule is CCCC1CC1NC(=O)[C@H]1CNCCO1.Cl. The van der Waals surface area contributed by atoms with Crippen molar-refractivity contribution in [2.24, 2.45) is 5.92 Å². The number of ether oxygens (including phenoxy) is 1. The van der Waals surface area contributed by atoms with Gasteiger partial charge in [0.25, 0.3) is 5.91 Å². The molecule has 16 heavy (non-hydrogen) atoms. The molecule has 0 aromatic rings. The fourth-order valence-electron chi connectivity index (χ4n) is 2.12. The summed E-state index contributed by atoms with van der Waals surface area (Å²) in [5.74, 6) is 0.779. The van der Waals surface area contributed by atoms with Crippen molar-refractivity contribution in [1.82, 2.24) is 10.6 Å². The highest BCUT2D eigenvalue weighted by molar-refractivity contribution is 5.85. The Kier molecular flexibility index (Phi) is 5.52. The molecule has 1 amide bonds. The Hall–Kier alpha value is -0.320. The molecule has 1 saturated heterocycles. The molecule has 0 radical (unpaired) electrons. The van der Waals surface area contributed by atoms with Crippen LogP contribution in [0.15, 0.2) is 0 Å². The predicted molar refractivity (Wildman–Crippen MR) is 64.8 cm³/mol. The average molecular weight is 249 g/mol. The zero-order chi connectivity index (χ0) is 10.7. The van der Waals surface area contributed by atoms with Crippen molar-refractivity contribution >= 4 is 18.3 Å². The summed E-state index contributed by atoms with van der Waals surface area (Å²) in [7, 11) is 0. The van der Waals surface area contributed by atoms with Gasteiger partial charge in [-0.05, 0) is 18.8 Å². The van der Waals surface area contributed by atoms with Gasteiger partial charge in [0, 0.05) is 19.1 Å². The molecule has 94 valence electrons. The van der Waals surface area contributed by atoms with Gasteiger partial charge in [-0.2, -0.15) is 0 Å². The van der Waals surface area contributed by atoms with Crippen molar-refractivity contribution in [2.45, 2.75) is 38.3 Å². The van der Waals surface area contributed by atoms with Crippen molar-refractivity contribution in [3.63, 3.8) is 0 Å². The smallest absolute Gasteiger partial charge is 0.250 e. The number of nitrogens with one attached hydrogen (secondary N) is 2. The highest BCUT2D eigenvalue weighted by Gasteiger charge is 2.38. The Morgan fingerprint density at radius 1 is 1.56 bits per heavy atom. The molecule has 2 rings (SSSR count). The lowest BCUT2D eigenvalue weighted by molar-refractivity contribution is -0.134. The molecular weight excluding hydrogens is 228 g/mol. The summed E-state index contributed by atoms with van der Waals surface area (Å²) in [6, 6.07) is 0.419. The van der Waals surface area contributed by atoms with Crippen LogP contribution in [-0.2, 0) is 9.53 Å². The van der Waals surface area contributed by atoms with E-state index in [1.807, 2.05) is 0 Å². The van der Waals surface area contributed by atoms with Crippen LogP contribution in [0.3, 0.4) is 0 Å². The lowest BCUT2D eigenvalue weighted by atomic mass is 10.2. The Morgan fingerprint density at radius 2 is 2.38 bits per heavy atom. The fraction of sp³-hybridized carbons (Fsp3) is 0.909. The first kappa shape index (κ1) is 13.7. The molecule has 0 spiro atoms. The van der Waals surface area contributed by atoms with Crippen LogP contribution in [0.2, 0.25) is 0 Å². The quantitative estimate of drug-likeness (QED) is 0.770. The second-order valence-electron chi connectivity index (χ2n) is 4.46. The number of carbonyl (C=O) groups excluding carboxylic acids is 1. The fourth-order valence-corrected chi connectivity index (χ4v) is 2.12. The summed E-state index contributed by atoms with van der Waals surface area (Å²) in [4.78, 5) is 11.7. The van der Waals surface area contributed by atoms with Crippen LogP contribution in [-0.4, -0.2) is 37.7 Å². The molecule has 0 aromatic heterocycles. The van der Waals surface area contributed by atoms with Gasteiger partial charge in [-0.3, -0.25) is 4.79 Å². The van der Waals surface area contributed by atoms with Gasteiger partial charge < -0.3 is 15.4 Å². The third-order valence-corrected chi connectivity index (χ3v) is 3.13. The summed E-state index contributed by atoms with van der Waals surface area (Å²) in [6.45, 7) is 4.33. The number of morpholine rings is 1. The second-order valence-corrected chi connectivity index (χ2v) is 4.46. The van der Waals surface area contributed by atoms with E-state index in [9.17, 15) is 4.79 Å². The van der Waals surface area contributed by atoms with E-state index in [1.54, 1.807) is 0 Å². The van der Waals surface area contributed by atoms with Crippen molar-refractivity contribution in [3.8, 4) is 0 Å². The van der Waals surface area contributed by atoms with Crippen molar-refractivity contribution < 1.29 is 9.53 Å². The number of rotatable bonds is 4. The Balaban J connectivity index is 0.00000128. The molecule has 0 aromatic carbocycles. The molecule has 2 aliphatic rings. The summed E-state index contributed by atoms with van der Waals surface area (Å²) < 4.78 is 5.39. The minimum atomic E-state index is -0.276. The number of hydrogen-bond donors (Lipinski definition) is 2. The Morgan fingerprint density at radius 3 is 3.00 bits per heavy atom. The van der Waals surface area contributed by atoms with E-state index in [2.05, 4.69) is 17.6 Å². The van der Waals surface area contributed by atoms with Crippen LogP contribution in [0, 0.1) is 5.92 Å². The topological polar surface area (TPSA) is 50.4 Å². The third-order valence-electron chi connectivity index (χ3n) is 3.13. The molecule has 4 nitrogen and oxygen atoms in total. The van der Waals surface area contributed by atoms with Gasteiger partial charge in [0.05, 0.1) is 6.61 Å². The molecule has 0 bridgehead atoms. The van der Waals surface area contributed by atoms with E-state index < -0.39 is 0 Å². The first-order valence-corrected chi connectivity index (χ1v) is 5.94. The first-order valence-electron chi connectivity index (χ1n) is 5.94. The van der Waals surface area contributed by atoms with Gasteiger partial charge >= 0.3 is 0 Å². The molecule has 2 fully saturated rings. The highest BCUT2D eigenvalue weighted by atomic mass is 35.5. The molecule has 2 unspecified atom stereocenters. The number of hydrogen-bond acceptors (Lipinski definition) is 3. The summed E-state index contributed by atoms with van der Waals surface area (Å²) in [5, 5.41) is 6.21. The maximum atomic E-state index is 11.7. The van der Waals surface area contributed by atoms with Gasteiger partial charge in [-0.1, -0.05) is 13.3 Å². The van der Waals surface area contributed by atoms with Crippen LogP contribution < -0.4 is 10.6 Å². The largest absolute Gasteiger partial charge is 0.366 e. The monoisotopic (exact) mass is 248 g/mol. The molecule has 2 N–H and O–H groups in total. The summed E-state index contributed by atoms with van der Waals surface area (Å²) in [5.41, 5.74) is 0. The molecule has 1 aliphatic carbocycles. The van der Waals surface area contributed by atoms with Gasteiger partial charge in [0.2, 0.25) is 0 Å². The Bertz CT molecular complexity index is 232. The highest BCUT2D eigenvalue weighted by Crippen LogP contribution is 2.34. The summed E-state index contributed by atoms with van der Waals surface area (Å²) in [6.07, 6.45) is 3.31. The molecule has 1 saturated carbocycles. The lowest BCUT2D eigenvalue weighted by Gasteiger charge is -2.22. The second kappa shape index (κ2) is 6.42. The van der Waals surface area contributed by atoms with Crippen molar-refractivity contribution in [3.05, 3.63) is 0 Å². The normalized spacial score (nSPS) is 32.7. The average Bonchev–Trinajstić information content (AvgIpc) is 2.98. The van der Waals surface area contributed by atoms with E-state index in [-0.39, 0.29) is 24.4 Å². The number of carbonyl (C=O) groups is 1. The van der Waals surface area contributed by atoms with Crippen LogP contribution in [0.4, 0.5) is 0 Å². The molecule has 5 heteroatoms. The maximum Gasteiger partial charge on any atom is 0.250 e. The van der Waals surface area contributed by atoms with E-state index in [0.717, 1.165) is 18.9 Å². The first-order chi connectivity index (χ1) is 7.31. The zero-order valence-corrected chi connectivity index (χ0v) is 10.5. The zero-order valence-electron chi connectivity index (χ0n) is 9.70. The van der Waals surface area contributed by atoms with Crippen LogP contribution in [0.1, 0.15) is 26.2 Å². The Labute approximate surface area is 103 Å². The van der Waals surface area contributed by atoms with Gasteiger partial charge in [-0.15, -0.1) is 12.4 Å². The van der Waals surface area contributed by atoms with Gasteiger partial charge in [0.15, 0.2) is 0 Å². The van der Waals surface area contributed by atoms with E-state index >= 15 is 0 Å². The minimum Gasteiger partial charge on any atom is -0.366 e. The van der Waals surface area contributed by atoms with E-state index in [0.29, 0.717) is 19.2 Å². The number of amides is 1. The predicted octanol–water partition coefficient (Wildman–Crippen LogP) is 0.701. The minimum absolute atomic E-state index is 0. The standard InChI is InChI=1S/C11H20N2O2.ClH/c1-2-3-8-6-9(8)13-11(14)10-7-12-4-5-15-10;/h8-10,12H,2-7H2,1H3,(H,13,14);1H/t8?,9?,10-;/m1./s1. The molecule has 3 atom stereocenters. The van der Waals surface area contributed by atoms with Gasteiger partial charge in [0.1, 0.15) is 6.10 Å². The van der Waals surface area contributed by atoms with Crippen LogP contribution in [0.25, 0.3) is 0 Å². The molecular formula is C11H21ClN2O2. The molecule has 1 heterocycles.